The molecule has 0 aliphatic carbocycles. The van der Waals surface area contributed by atoms with Gasteiger partial charge in [0.15, 0.2) is 11.5 Å². The molecule has 0 radical (unpaired) electrons. The number of carbonyl (C=O) groups is 1. The molecule has 0 unspecified atom stereocenters. The van der Waals surface area contributed by atoms with Gasteiger partial charge in [-0.25, -0.2) is 0 Å². The number of aromatic nitrogens is 1. The summed E-state index contributed by atoms with van der Waals surface area (Å²) in [5.41, 5.74) is 3.90. The molecule has 0 fully saturated rings. The van der Waals surface area contributed by atoms with E-state index in [1.807, 2.05) is 54.6 Å². The zero-order valence-corrected chi connectivity index (χ0v) is 16.8. The number of para-hydroxylation sites is 1. The van der Waals surface area contributed by atoms with Crippen LogP contribution >= 0.6 is 0 Å². The topological polar surface area (TPSA) is 57.7 Å². The predicted molar refractivity (Wildman–Crippen MR) is 112 cm³/mol. The van der Waals surface area contributed by atoms with Crippen LogP contribution in [0.1, 0.15) is 24.5 Å². The van der Waals surface area contributed by atoms with Crippen LogP contribution in [0.25, 0.3) is 11.1 Å². The highest BCUT2D eigenvalue weighted by molar-refractivity contribution is 5.77. The Hall–Kier alpha value is -3.34. The molecular weight excluding hydrogens is 366 g/mol. The van der Waals surface area contributed by atoms with Crippen LogP contribution in [0.3, 0.4) is 0 Å². The molecule has 0 spiro atoms. The van der Waals surface area contributed by atoms with Crippen LogP contribution in [-0.4, -0.2) is 24.7 Å². The van der Waals surface area contributed by atoms with Gasteiger partial charge in [0.25, 0.3) is 0 Å². The molecule has 0 saturated carbocycles. The second-order valence-corrected chi connectivity index (χ2v) is 6.45. The maximum atomic E-state index is 11.8. The minimum absolute atomic E-state index is 0.214. The number of carbonyl (C=O) groups excluding carboxylic acids is 1. The minimum atomic E-state index is -0.214. The van der Waals surface area contributed by atoms with E-state index in [9.17, 15) is 4.79 Å². The molecule has 5 nitrogen and oxygen atoms in total. The maximum absolute atomic E-state index is 11.8. The maximum Gasteiger partial charge on any atom is 0.306 e. The van der Waals surface area contributed by atoms with Crippen LogP contribution in [0.4, 0.5) is 0 Å². The van der Waals surface area contributed by atoms with Crippen LogP contribution in [0.2, 0.25) is 0 Å². The van der Waals surface area contributed by atoms with Gasteiger partial charge >= 0.3 is 5.97 Å². The zero-order valence-electron chi connectivity index (χ0n) is 16.8. The first-order valence-electron chi connectivity index (χ1n) is 9.65. The molecule has 0 bridgehead atoms. The second kappa shape index (κ2) is 10.3. The first-order chi connectivity index (χ1) is 14.2. The third kappa shape index (κ3) is 5.35. The van der Waals surface area contributed by atoms with Gasteiger partial charge < -0.3 is 14.2 Å². The highest BCUT2D eigenvalue weighted by Gasteiger charge is 2.16. The molecule has 0 aliphatic rings. The van der Waals surface area contributed by atoms with Gasteiger partial charge in [-0.15, -0.1) is 0 Å². The van der Waals surface area contributed by atoms with Crippen LogP contribution < -0.4 is 9.47 Å². The highest BCUT2D eigenvalue weighted by atomic mass is 16.5. The Kier molecular flexibility index (Phi) is 7.22. The number of esters is 1. The van der Waals surface area contributed by atoms with Gasteiger partial charge in [0.05, 0.1) is 13.7 Å². The lowest BCUT2D eigenvalue weighted by Crippen LogP contribution is -2.06. The molecule has 0 saturated heterocycles. The summed E-state index contributed by atoms with van der Waals surface area (Å²) in [6.45, 7) is 2.61. The molecule has 0 atom stereocenters. The minimum Gasteiger partial charge on any atom is -0.493 e. The molecule has 2 aromatic carbocycles. The third-order valence-electron chi connectivity index (χ3n) is 4.52. The van der Waals surface area contributed by atoms with Gasteiger partial charge in [0.1, 0.15) is 6.61 Å². The van der Waals surface area contributed by atoms with E-state index in [4.69, 9.17) is 14.2 Å². The number of benzene rings is 2. The summed E-state index contributed by atoms with van der Waals surface area (Å²) in [7, 11) is 1.63. The molecule has 3 rings (SSSR count). The van der Waals surface area contributed by atoms with Crippen molar-refractivity contribution < 1.29 is 19.0 Å². The SMILES string of the molecule is CCOC(=O)CCc1cnccc1-c1cccc(OC)c1OCc1ccccc1. The number of aryl methyl sites for hydroxylation is 1. The fraction of sp³-hybridized carbons (Fsp3) is 0.250. The molecule has 5 heteroatoms. The van der Waals surface area contributed by atoms with E-state index >= 15 is 0 Å². The number of nitrogens with zero attached hydrogens (tertiary/aromatic N) is 1. The number of methoxy groups -OCH3 is 1. The molecule has 1 heterocycles. The Bertz CT molecular complexity index is 941. The van der Waals surface area contributed by atoms with Gasteiger partial charge in [0, 0.05) is 24.4 Å². The number of pyridine rings is 1. The summed E-state index contributed by atoms with van der Waals surface area (Å²) in [5.74, 6) is 1.11. The van der Waals surface area contributed by atoms with E-state index in [2.05, 4.69) is 4.98 Å². The summed E-state index contributed by atoms with van der Waals surface area (Å²) in [5, 5.41) is 0. The summed E-state index contributed by atoms with van der Waals surface area (Å²) in [4.78, 5) is 16.0. The lowest BCUT2D eigenvalue weighted by molar-refractivity contribution is -0.143. The van der Waals surface area contributed by atoms with Crippen molar-refractivity contribution in [2.24, 2.45) is 0 Å². The van der Waals surface area contributed by atoms with E-state index < -0.39 is 0 Å². The molecule has 1 aromatic heterocycles. The van der Waals surface area contributed by atoms with Gasteiger partial charge in [-0.2, -0.15) is 0 Å². The van der Waals surface area contributed by atoms with Crippen LogP contribution in [-0.2, 0) is 22.6 Å². The molecular formula is C24H25NO4. The van der Waals surface area contributed by atoms with Crippen LogP contribution in [0.15, 0.2) is 67.0 Å². The lowest BCUT2D eigenvalue weighted by atomic mass is 9.97. The first-order valence-corrected chi connectivity index (χ1v) is 9.65. The highest BCUT2D eigenvalue weighted by Crippen LogP contribution is 2.40. The van der Waals surface area contributed by atoms with E-state index in [1.165, 1.54) is 0 Å². The van der Waals surface area contributed by atoms with Crippen LogP contribution in [0.5, 0.6) is 11.5 Å². The van der Waals surface area contributed by atoms with E-state index in [1.54, 1.807) is 26.4 Å². The quantitative estimate of drug-likeness (QED) is 0.489. The first kappa shape index (κ1) is 20.4. The predicted octanol–water partition coefficient (Wildman–Crippen LogP) is 4.83. The molecule has 0 aliphatic heterocycles. The number of rotatable bonds is 9. The fourth-order valence-corrected chi connectivity index (χ4v) is 3.13. The van der Waals surface area contributed by atoms with Gasteiger partial charge in [-0.1, -0.05) is 42.5 Å². The molecule has 150 valence electrons. The van der Waals surface area contributed by atoms with E-state index in [-0.39, 0.29) is 5.97 Å². The Morgan fingerprint density at radius 3 is 2.59 bits per heavy atom. The van der Waals surface area contributed by atoms with Gasteiger partial charge in [0.2, 0.25) is 0 Å². The molecule has 0 N–H and O–H groups in total. The molecule has 3 aromatic rings. The summed E-state index contributed by atoms with van der Waals surface area (Å²) in [6.07, 6.45) is 4.37. The Morgan fingerprint density at radius 2 is 1.83 bits per heavy atom. The monoisotopic (exact) mass is 391 g/mol. The summed E-state index contributed by atoms with van der Waals surface area (Å²) in [6, 6.07) is 17.7. The zero-order chi connectivity index (χ0) is 20.5. The smallest absolute Gasteiger partial charge is 0.306 e. The van der Waals surface area contributed by atoms with E-state index in [0.717, 1.165) is 22.3 Å². The van der Waals surface area contributed by atoms with Gasteiger partial charge in [-0.05, 0) is 42.2 Å². The Balaban J connectivity index is 1.91. The summed E-state index contributed by atoms with van der Waals surface area (Å²) < 4.78 is 16.8. The largest absolute Gasteiger partial charge is 0.493 e. The summed E-state index contributed by atoms with van der Waals surface area (Å²) >= 11 is 0. The fourth-order valence-electron chi connectivity index (χ4n) is 3.13. The van der Waals surface area contributed by atoms with Crippen molar-refractivity contribution >= 4 is 5.97 Å². The average molecular weight is 391 g/mol. The standard InChI is InChI=1S/C24H25NO4/c1-3-28-23(26)13-12-19-16-25-15-14-20(19)21-10-7-11-22(27-2)24(21)29-17-18-8-5-4-6-9-18/h4-11,14-16H,3,12-13,17H2,1-2H3. The number of hydrogen-bond donors (Lipinski definition) is 0. The lowest BCUT2D eigenvalue weighted by Gasteiger charge is -2.17. The number of hydrogen-bond acceptors (Lipinski definition) is 5. The van der Waals surface area contributed by atoms with Crippen molar-refractivity contribution in [3.05, 3.63) is 78.1 Å². The third-order valence-corrected chi connectivity index (χ3v) is 4.52. The Morgan fingerprint density at radius 1 is 1.00 bits per heavy atom. The van der Waals surface area contributed by atoms with Gasteiger partial charge in [-0.3, -0.25) is 9.78 Å². The average Bonchev–Trinajstić information content (AvgIpc) is 2.77. The van der Waals surface area contributed by atoms with Crippen molar-refractivity contribution in [1.82, 2.24) is 4.98 Å². The van der Waals surface area contributed by atoms with Crippen molar-refractivity contribution in [3.63, 3.8) is 0 Å². The normalized spacial score (nSPS) is 10.4. The molecule has 29 heavy (non-hydrogen) atoms. The number of ether oxygens (including phenoxy) is 3. The van der Waals surface area contributed by atoms with E-state index in [0.29, 0.717) is 37.6 Å². The molecule has 0 amide bonds. The van der Waals surface area contributed by atoms with Crippen molar-refractivity contribution in [2.75, 3.05) is 13.7 Å². The Labute approximate surface area is 171 Å². The second-order valence-electron chi connectivity index (χ2n) is 6.45. The van der Waals surface area contributed by atoms with Crippen molar-refractivity contribution in [3.8, 4) is 22.6 Å². The van der Waals surface area contributed by atoms with Crippen molar-refractivity contribution in [1.29, 1.82) is 0 Å². The van der Waals surface area contributed by atoms with Crippen molar-refractivity contribution in [2.45, 2.75) is 26.4 Å². The van der Waals surface area contributed by atoms with Crippen LogP contribution in [0, 0.1) is 0 Å².